The van der Waals surface area contributed by atoms with Gasteiger partial charge in [-0.2, -0.15) is 10.2 Å². The maximum absolute atomic E-state index is 8.56. The lowest BCUT2D eigenvalue weighted by Crippen LogP contribution is -2.09. The SMILES string of the molecule is C=C(C#N)/N=C/C(=C)c1cnc(OC(C)C)nc1C. The summed E-state index contributed by atoms with van der Waals surface area (Å²) < 4.78 is 5.40. The Bertz CT molecular complexity index is 567. The van der Waals surface area contributed by atoms with Crippen molar-refractivity contribution in [1.29, 1.82) is 5.26 Å². The molecule has 0 spiro atoms. The molecule has 1 aromatic rings. The van der Waals surface area contributed by atoms with Gasteiger partial charge in [0.1, 0.15) is 11.8 Å². The van der Waals surface area contributed by atoms with Crippen molar-refractivity contribution in [3.8, 4) is 12.1 Å². The van der Waals surface area contributed by atoms with Gasteiger partial charge in [0.2, 0.25) is 0 Å². The molecule has 0 bridgehead atoms. The molecule has 0 amide bonds. The minimum Gasteiger partial charge on any atom is -0.461 e. The van der Waals surface area contributed by atoms with Crippen LogP contribution in [-0.4, -0.2) is 22.3 Å². The summed E-state index contributed by atoms with van der Waals surface area (Å²) in [6.07, 6.45) is 3.12. The summed E-state index contributed by atoms with van der Waals surface area (Å²) in [7, 11) is 0. The van der Waals surface area contributed by atoms with Crippen molar-refractivity contribution in [3.63, 3.8) is 0 Å². The Balaban J connectivity index is 2.91. The molecule has 0 aliphatic carbocycles. The number of ether oxygens (including phenoxy) is 1. The fraction of sp³-hybridized carbons (Fsp3) is 0.286. The van der Waals surface area contributed by atoms with Gasteiger partial charge in [-0.05, 0) is 26.3 Å². The molecule has 98 valence electrons. The Morgan fingerprint density at radius 2 is 2.21 bits per heavy atom. The van der Waals surface area contributed by atoms with E-state index >= 15 is 0 Å². The van der Waals surface area contributed by atoms with Crippen LogP contribution < -0.4 is 4.74 Å². The average molecular weight is 256 g/mol. The van der Waals surface area contributed by atoms with Crippen molar-refractivity contribution in [2.75, 3.05) is 0 Å². The first kappa shape index (κ1) is 14.6. The zero-order chi connectivity index (χ0) is 14.4. The molecule has 1 aromatic heterocycles. The predicted octanol–water partition coefficient (Wildman–Crippen LogP) is 2.69. The maximum atomic E-state index is 8.56. The van der Waals surface area contributed by atoms with E-state index in [1.165, 1.54) is 6.21 Å². The van der Waals surface area contributed by atoms with Gasteiger partial charge in [0.05, 0.1) is 11.8 Å². The third-order valence-electron chi connectivity index (χ3n) is 2.15. The summed E-state index contributed by atoms with van der Waals surface area (Å²) in [6, 6.07) is 2.17. The van der Waals surface area contributed by atoms with Gasteiger partial charge < -0.3 is 4.74 Å². The Hall–Kier alpha value is -2.48. The topological polar surface area (TPSA) is 71.2 Å². The van der Waals surface area contributed by atoms with Crippen LogP contribution in [0.1, 0.15) is 25.1 Å². The van der Waals surface area contributed by atoms with E-state index < -0.39 is 0 Å². The normalized spacial score (nSPS) is 10.5. The molecular weight excluding hydrogens is 240 g/mol. The molecule has 5 heteroatoms. The van der Waals surface area contributed by atoms with Gasteiger partial charge in [-0.15, -0.1) is 0 Å². The molecule has 0 aromatic carbocycles. The Morgan fingerprint density at radius 3 is 2.74 bits per heavy atom. The first-order chi connectivity index (χ1) is 8.93. The smallest absolute Gasteiger partial charge is 0.316 e. The fourth-order valence-electron chi connectivity index (χ4n) is 1.28. The zero-order valence-electron chi connectivity index (χ0n) is 11.3. The lowest BCUT2D eigenvalue weighted by atomic mass is 10.1. The second-order valence-electron chi connectivity index (χ2n) is 4.16. The third kappa shape index (κ3) is 4.36. The average Bonchev–Trinajstić information content (AvgIpc) is 2.34. The van der Waals surface area contributed by atoms with Gasteiger partial charge in [0, 0.05) is 18.0 Å². The van der Waals surface area contributed by atoms with Crippen molar-refractivity contribution in [3.05, 3.63) is 36.3 Å². The summed E-state index contributed by atoms with van der Waals surface area (Å²) in [4.78, 5) is 12.2. The minimum absolute atomic E-state index is 0.0222. The fourth-order valence-corrected chi connectivity index (χ4v) is 1.28. The number of aryl methyl sites for hydroxylation is 1. The number of aliphatic imine (C=N–C) groups is 1. The van der Waals surface area contributed by atoms with Gasteiger partial charge in [-0.25, -0.2) is 9.98 Å². The van der Waals surface area contributed by atoms with Gasteiger partial charge >= 0.3 is 6.01 Å². The van der Waals surface area contributed by atoms with Crippen molar-refractivity contribution in [2.45, 2.75) is 26.9 Å². The predicted molar refractivity (Wildman–Crippen MR) is 74.8 cm³/mol. The van der Waals surface area contributed by atoms with E-state index in [-0.39, 0.29) is 11.8 Å². The van der Waals surface area contributed by atoms with Gasteiger partial charge in [-0.1, -0.05) is 13.2 Å². The number of nitriles is 1. The molecule has 0 atom stereocenters. The van der Waals surface area contributed by atoms with Crippen LogP contribution in [0.5, 0.6) is 6.01 Å². The van der Waals surface area contributed by atoms with Crippen LogP contribution in [-0.2, 0) is 0 Å². The third-order valence-corrected chi connectivity index (χ3v) is 2.15. The van der Waals surface area contributed by atoms with Gasteiger partial charge in [0.25, 0.3) is 0 Å². The molecule has 19 heavy (non-hydrogen) atoms. The largest absolute Gasteiger partial charge is 0.461 e. The second kappa shape index (κ2) is 6.45. The molecular formula is C14H16N4O. The molecule has 0 radical (unpaired) electrons. The molecule has 0 aliphatic heterocycles. The highest BCUT2D eigenvalue weighted by Crippen LogP contribution is 2.16. The molecule has 0 N–H and O–H groups in total. The van der Waals surface area contributed by atoms with Crippen LogP contribution >= 0.6 is 0 Å². The molecule has 1 rings (SSSR count). The van der Waals surface area contributed by atoms with E-state index in [1.807, 2.05) is 26.8 Å². The molecule has 0 fully saturated rings. The molecule has 1 heterocycles. The summed E-state index contributed by atoms with van der Waals surface area (Å²) in [5.74, 6) is 0. The Morgan fingerprint density at radius 1 is 1.53 bits per heavy atom. The molecule has 0 aliphatic rings. The number of rotatable bonds is 5. The lowest BCUT2D eigenvalue weighted by molar-refractivity contribution is 0.221. The van der Waals surface area contributed by atoms with Crippen LogP contribution in [0.2, 0.25) is 0 Å². The number of aromatic nitrogens is 2. The molecule has 0 saturated heterocycles. The molecule has 0 unspecified atom stereocenters. The van der Waals surface area contributed by atoms with Crippen molar-refractivity contribution in [2.24, 2.45) is 4.99 Å². The van der Waals surface area contributed by atoms with Crippen LogP contribution in [0.3, 0.4) is 0 Å². The highest BCUT2D eigenvalue weighted by molar-refractivity contribution is 6.09. The highest BCUT2D eigenvalue weighted by Gasteiger charge is 2.07. The summed E-state index contributed by atoms with van der Waals surface area (Å²) in [5.41, 5.74) is 2.24. The number of hydrogen-bond donors (Lipinski definition) is 0. The van der Waals surface area contributed by atoms with E-state index in [0.29, 0.717) is 11.6 Å². The van der Waals surface area contributed by atoms with E-state index in [0.717, 1.165) is 11.3 Å². The van der Waals surface area contributed by atoms with Gasteiger partial charge in [-0.3, -0.25) is 0 Å². The summed E-state index contributed by atoms with van der Waals surface area (Å²) >= 11 is 0. The molecule has 0 saturated carbocycles. The zero-order valence-corrected chi connectivity index (χ0v) is 11.3. The lowest BCUT2D eigenvalue weighted by Gasteiger charge is -2.09. The first-order valence-corrected chi connectivity index (χ1v) is 5.76. The van der Waals surface area contributed by atoms with Crippen molar-refractivity contribution < 1.29 is 4.74 Å². The van der Waals surface area contributed by atoms with Crippen LogP contribution in [0.4, 0.5) is 0 Å². The highest BCUT2D eigenvalue weighted by atomic mass is 16.5. The summed E-state index contributed by atoms with van der Waals surface area (Å²) in [5, 5.41) is 8.56. The van der Waals surface area contributed by atoms with E-state index in [2.05, 4.69) is 28.1 Å². The van der Waals surface area contributed by atoms with Crippen LogP contribution in [0.25, 0.3) is 5.57 Å². The van der Waals surface area contributed by atoms with E-state index in [1.54, 1.807) is 6.20 Å². The van der Waals surface area contributed by atoms with Crippen LogP contribution in [0.15, 0.2) is 30.0 Å². The minimum atomic E-state index is 0.0222. The Kier molecular flexibility index (Phi) is 4.95. The van der Waals surface area contributed by atoms with Crippen molar-refractivity contribution >= 4 is 11.8 Å². The number of nitrogens with zero attached hydrogens (tertiary/aromatic N) is 4. The quantitative estimate of drug-likeness (QED) is 0.599. The van der Waals surface area contributed by atoms with Gasteiger partial charge in [0.15, 0.2) is 0 Å². The van der Waals surface area contributed by atoms with E-state index in [9.17, 15) is 0 Å². The first-order valence-electron chi connectivity index (χ1n) is 5.76. The number of allylic oxidation sites excluding steroid dienone is 2. The number of hydrogen-bond acceptors (Lipinski definition) is 5. The standard InChI is InChI=1S/C14H16N4O/c1-9(2)19-14-17-8-13(12(5)18-14)10(3)7-16-11(4)6-15/h7-9H,3-4H2,1-2,5H3/b16-7+. The molecule has 5 nitrogen and oxygen atoms in total. The van der Waals surface area contributed by atoms with Crippen molar-refractivity contribution in [1.82, 2.24) is 9.97 Å². The van der Waals surface area contributed by atoms with Crippen LogP contribution in [0, 0.1) is 18.3 Å². The second-order valence-corrected chi connectivity index (χ2v) is 4.16. The Labute approximate surface area is 113 Å². The summed E-state index contributed by atoms with van der Waals surface area (Å²) in [6.45, 7) is 13.0. The monoisotopic (exact) mass is 256 g/mol. The maximum Gasteiger partial charge on any atom is 0.316 e. The van der Waals surface area contributed by atoms with E-state index in [4.69, 9.17) is 10.00 Å².